The van der Waals surface area contributed by atoms with Gasteiger partial charge in [0.25, 0.3) is 0 Å². The predicted molar refractivity (Wildman–Crippen MR) is 87.2 cm³/mol. The molecule has 1 aromatic carbocycles. The number of hydrogen-bond donors (Lipinski definition) is 1. The van der Waals surface area contributed by atoms with Crippen LogP contribution in [0, 0.1) is 0 Å². The highest BCUT2D eigenvalue weighted by Crippen LogP contribution is 2.21. The van der Waals surface area contributed by atoms with E-state index in [0.29, 0.717) is 6.54 Å². The molecule has 1 fully saturated rings. The van der Waals surface area contributed by atoms with Gasteiger partial charge in [0.15, 0.2) is 0 Å². The highest BCUT2D eigenvalue weighted by Gasteiger charge is 2.27. The van der Waals surface area contributed by atoms with Gasteiger partial charge in [0.1, 0.15) is 6.04 Å². The smallest absolute Gasteiger partial charge is 0.244 e. The molecular formula is C17H27N3O. The van der Waals surface area contributed by atoms with Gasteiger partial charge in [-0.3, -0.25) is 4.79 Å². The molecule has 2 N–H and O–H groups in total. The third kappa shape index (κ3) is 3.76. The first-order valence-electron chi connectivity index (χ1n) is 8.01. The summed E-state index contributed by atoms with van der Waals surface area (Å²) in [7, 11) is 0. The summed E-state index contributed by atoms with van der Waals surface area (Å²) < 4.78 is 0. The molecule has 4 nitrogen and oxygen atoms in total. The number of anilines is 1. The van der Waals surface area contributed by atoms with Crippen LogP contribution in [0.25, 0.3) is 0 Å². The highest BCUT2D eigenvalue weighted by atomic mass is 16.2. The Morgan fingerprint density at radius 2 is 1.90 bits per heavy atom. The number of nitrogens with two attached hydrogens (primary N) is 1. The quantitative estimate of drug-likeness (QED) is 0.874. The van der Waals surface area contributed by atoms with Crippen LogP contribution in [-0.4, -0.2) is 36.5 Å². The van der Waals surface area contributed by atoms with Crippen LogP contribution in [0.1, 0.15) is 38.7 Å². The van der Waals surface area contributed by atoms with Gasteiger partial charge >= 0.3 is 0 Å². The molecule has 1 amide bonds. The van der Waals surface area contributed by atoms with E-state index in [9.17, 15) is 4.79 Å². The zero-order valence-electron chi connectivity index (χ0n) is 13.2. The number of likely N-dealkylation sites (tertiary alicyclic amines) is 1. The van der Waals surface area contributed by atoms with Crippen molar-refractivity contribution in [2.45, 2.75) is 45.7 Å². The lowest BCUT2D eigenvalue weighted by molar-refractivity contribution is -0.131. The number of rotatable bonds is 6. The lowest BCUT2D eigenvalue weighted by Crippen LogP contribution is -2.46. The van der Waals surface area contributed by atoms with Gasteiger partial charge in [-0.1, -0.05) is 19.1 Å². The van der Waals surface area contributed by atoms with Crippen LogP contribution in [0.3, 0.4) is 0 Å². The summed E-state index contributed by atoms with van der Waals surface area (Å²) in [5, 5.41) is 0. The van der Waals surface area contributed by atoms with Gasteiger partial charge < -0.3 is 15.5 Å². The largest absolute Gasteiger partial charge is 0.360 e. The van der Waals surface area contributed by atoms with Gasteiger partial charge in [-0.15, -0.1) is 0 Å². The van der Waals surface area contributed by atoms with Crippen molar-refractivity contribution in [3.05, 3.63) is 29.8 Å². The van der Waals surface area contributed by atoms with Crippen molar-refractivity contribution in [1.29, 1.82) is 0 Å². The lowest BCUT2D eigenvalue weighted by Gasteiger charge is -2.33. The first-order chi connectivity index (χ1) is 10.2. The Kier molecular flexibility index (Phi) is 5.62. The maximum Gasteiger partial charge on any atom is 0.244 e. The Balaban J connectivity index is 2.13. The molecule has 116 valence electrons. The minimum Gasteiger partial charge on any atom is -0.360 e. The van der Waals surface area contributed by atoms with Gasteiger partial charge in [0.05, 0.1) is 0 Å². The van der Waals surface area contributed by atoms with Gasteiger partial charge in [-0.05, 0) is 43.9 Å². The molecule has 1 heterocycles. The maximum atomic E-state index is 12.6. The number of carbonyl (C=O) groups excluding carboxylic acids is 1. The molecule has 0 aliphatic carbocycles. The molecule has 0 saturated carbocycles. The van der Waals surface area contributed by atoms with Crippen molar-refractivity contribution in [3.63, 3.8) is 0 Å². The van der Waals surface area contributed by atoms with Crippen molar-refractivity contribution < 1.29 is 4.79 Å². The van der Waals surface area contributed by atoms with Gasteiger partial charge in [-0.25, -0.2) is 0 Å². The monoisotopic (exact) mass is 289 g/mol. The molecule has 1 atom stereocenters. The Hall–Kier alpha value is -1.55. The Bertz CT molecular complexity index is 452. The molecule has 1 aliphatic heterocycles. The third-order valence-corrected chi connectivity index (χ3v) is 4.21. The van der Waals surface area contributed by atoms with Crippen LogP contribution in [0.5, 0.6) is 0 Å². The van der Waals surface area contributed by atoms with E-state index in [1.54, 1.807) is 0 Å². The number of hydrogen-bond acceptors (Lipinski definition) is 3. The van der Waals surface area contributed by atoms with E-state index in [-0.39, 0.29) is 11.9 Å². The van der Waals surface area contributed by atoms with Crippen LogP contribution < -0.4 is 10.6 Å². The lowest BCUT2D eigenvalue weighted by atomic mass is 10.1. The molecule has 1 saturated heterocycles. The van der Waals surface area contributed by atoms with Crippen molar-refractivity contribution >= 4 is 11.6 Å². The number of nitrogens with zero attached hydrogens (tertiary/aromatic N) is 2. The molecule has 0 aromatic heterocycles. The number of carbonyl (C=O) groups is 1. The van der Waals surface area contributed by atoms with Crippen molar-refractivity contribution in [1.82, 2.24) is 4.90 Å². The molecule has 2 rings (SSSR count). The van der Waals surface area contributed by atoms with Gasteiger partial charge in [0, 0.05) is 31.9 Å². The first kappa shape index (κ1) is 15.8. The van der Waals surface area contributed by atoms with Crippen LogP contribution in [0.15, 0.2) is 24.3 Å². The summed E-state index contributed by atoms with van der Waals surface area (Å²) in [5.74, 6) is 0.254. The molecule has 0 bridgehead atoms. The first-order valence-corrected chi connectivity index (χ1v) is 8.01. The average Bonchev–Trinajstić information content (AvgIpc) is 3.06. The summed E-state index contributed by atoms with van der Waals surface area (Å²) >= 11 is 0. The van der Waals surface area contributed by atoms with E-state index in [1.165, 1.54) is 0 Å². The standard InChI is InChI=1S/C17H27N3O/c1-3-10-20(16-8-6-15(13-18)7-9-16)14(2)17(21)19-11-4-5-12-19/h6-9,14H,3-5,10-13,18H2,1-2H3. The second-order valence-electron chi connectivity index (χ2n) is 5.77. The molecule has 0 radical (unpaired) electrons. The third-order valence-electron chi connectivity index (χ3n) is 4.21. The zero-order chi connectivity index (χ0) is 15.2. The normalized spacial score (nSPS) is 16.0. The number of benzene rings is 1. The zero-order valence-corrected chi connectivity index (χ0v) is 13.2. The van der Waals surface area contributed by atoms with Crippen molar-refractivity contribution in [2.75, 3.05) is 24.5 Å². The Morgan fingerprint density at radius 3 is 2.43 bits per heavy atom. The fourth-order valence-electron chi connectivity index (χ4n) is 2.95. The Labute approximate surface area is 127 Å². The predicted octanol–water partition coefficient (Wildman–Crippen LogP) is 2.37. The second kappa shape index (κ2) is 7.46. The minimum absolute atomic E-state index is 0.105. The van der Waals surface area contributed by atoms with E-state index < -0.39 is 0 Å². The summed E-state index contributed by atoms with van der Waals surface area (Å²) in [6, 6.07) is 8.14. The SMILES string of the molecule is CCCN(c1ccc(CN)cc1)C(C)C(=O)N1CCCC1. The molecule has 1 aliphatic rings. The molecule has 1 unspecified atom stereocenters. The molecule has 1 aromatic rings. The van der Waals surface area contributed by atoms with E-state index in [0.717, 1.165) is 50.1 Å². The van der Waals surface area contributed by atoms with Gasteiger partial charge in [0.2, 0.25) is 5.91 Å². The van der Waals surface area contributed by atoms with Crippen LogP contribution in [-0.2, 0) is 11.3 Å². The fraction of sp³-hybridized carbons (Fsp3) is 0.588. The van der Waals surface area contributed by atoms with Crippen molar-refractivity contribution in [3.8, 4) is 0 Å². The maximum absolute atomic E-state index is 12.6. The topological polar surface area (TPSA) is 49.6 Å². The summed E-state index contributed by atoms with van der Waals surface area (Å²) in [5.41, 5.74) is 7.88. The van der Waals surface area contributed by atoms with E-state index in [1.807, 2.05) is 24.0 Å². The van der Waals surface area contributed by atoms with Gasteiger partial charge in [-0.2, -0.15) is 0 Å². The highest BCUT2D eigenvalue weighted by molar-refractivity contribution is 5.85. The molecule has 4 heteroatoms. The second-order valence-corrected chi connectivity index (χ2v) is 5.77. The number of amides is 1. The molecular weight excluding hydrogens is 262 g/mol. The minimum atomic E-state index is -0.105. The van der Waals surface area contributed by atoms with E-state index in [4.69, 9.17) is 5.73 Å². The summed E-state index contributed by atoms with van der Waals surface area (Å²) in [6.45, 7) is 7.44. The Morgan fingerprint density at radius 1 is 1.29 bits per heavy atom. The molecule has 0 spiro atoms. The van der Waals surface area contributed by atoms with Crippen LogP contribution >= 0.6 is 0 Å². The van der Waals surface area contributed by atoms with E-state index in [2.05, 4.69) is 24.0 Å². The van der Waals surface area contributed by atoms with Crippen LogP contribution in [0.2, 0.25) is 0 Å². The summed E-state index contributed by atoms with van der Waals surface area (Å²) in [4.78, 5) is 16.8. The average molecular weight is 289 g/mol. The molecule has 21 heavy (non-hydrogen) atoms. The van der Waals surface area contributed by atoms with Crippen molar-refractivity contribution in [2.24, 2.45) is 5.73 Å². The fourth-order valence-corrected chi connectivity index (χ4v) is 2.95. The summed E-state index contributed by atoms with van der Waals surface area (Å²) in [6.07, 6.45) is 3.30. The van der Waals surface area contributed by atoms with E-state index >= 15 is 0 Å². The van der Waals surface area contributed by atoms with Crippen LogP contribution in [0.4, 0.5) is 5.69 Å².